The number of fused-ring (bicyclic) bond motifs is 1. The van der Waals surface area contributed by atoms with Gasteiger partial charge in [-0.3, -0.25) is 4.79 Å². The molecule has 2 aromatic carbocycles. The van der Waals surface area contributed by atoms with Crippen molar-refractivity contribution in [2.45, 2.75) is 12.2 Å². The summed E-state index contributed by atoms with van der Waals surface area (Å²) in [4.78, 5) is 12.2. The van der Waals surface area contributed by atoms with Crippen molar-refractivity contribution >= 4 is 35.0 Å². The second-order valence-electron chi connectivity index (χ2n) is 5.38. The Morgan fingerprint density at radius 1 is 1.21 bits per heavy atom. The maximum atomic E-state index is 12.2. The topological polar surface area (TPSA) is 47.6 Å². The average molecular weight is 364 g/mol. The Labute approximate surface area is 150 Å². The zero-order valence-electron chi connectivity index (χ0n) is 13.3. The van der Waals surface area contributed by atoms with Crippen molar-refractivity contribution in [3.8, 4) is 11.5 Å². The molecule has 1 amide bonds. The summed E-state index contributed by atoms with van der Waals surface area (Å²) in [5.41, 5.74) is 1.74. The Kier molecular flexibility index (Phi) is 5.53. The maximum absolute atomic E-state index is 12.2. The molecule has 1 aliphatic rings. The normalized spacial score (nSPS) is 14.1. The van der Waals surface area contributed by atoms with Crippen molar-refractivity contribution < 1.29 is 14.3 Å². The number of hydrogen-bond donors (Lipinski definition) is 1. The van der Waals surface area contributed by atoms with Gasteiger partial charge in [-0.1, -0.05) is 29.8 Å². The van der Waals surface area contributed by atoms with E-state index < -0.39 is 0 Å². The Balaban J connectivity index is 1.55. The van der Waals surface area contributed by atoms with Gasteiger partial charge in [-0.2, -0.15) is 0 Å². The molecule has 1 heterocycles. The van der Waals surface area contributed by atoms with Crippen LogP contribution in [0.25, 0.3) is 0 Å². The summed E-state index contributed by atoms with van der Waals surface area (Å²) in [5.74, 6) is 1.66. The third-order valence-corrected chi connectivity index (χ3v) is 5.16. The third-order valence-electron chi connectivity index (χ3n) is 3.63. The Morgan fingerprint density at radius 2 is 1.96 bits per heavy atom. The number of ether oxygens (including phenoxy) is 2. The van der Waals surface area contributed by atoms with Crippen molar-refractivity contribution in [3.63, 3.8) is 0 Å². The van der Waals surface area contributed by atoms with Gasteiger partial charge in [0, 0.05) is 22.0 Å². The van der Waals surface area contributed by atoms with Gasteiger partial charge in [-0.25, -0.2) is 0 Å². The number of halogens is 1. The van der Waals surface area contributed by atoms with Crippen LogP contribution in [-0.4, -0.2) is 24.9 Å². The Bertz CT molecular complexity index is 738. The fraction of sp³-hybridized carbons (Fsp3) is 0.278. The van der Waals surface area contributed by atoms with E-state index in [-0.39, 0.29) is 11.2 Å². The predicted molar refractivity (Wildman–Crippen MR) is 98.4 cm³/mol. The number of carbonyl (C=O) groups is 1. The van der Waals surface area contributed by atoms with Crippen molar-refractivity contribution in [2.75, 3.05) is 24.3 Å². The number of carbonyl (C=O) groups excluding carboxylic acids is 1. The summed E-state index contributed by atoms with van der Waals surface area (Å²) in [5, 5.41) is 3.76. The van der Waals surface area contributed by atoms with E-state index in [1.54, 1.807) is 17.8 Å². The zero-order valence-corrected chi connectivity index (χ0v) is 14.8. The molecule has 0 aromatic heterocycles. The fourth-order valence-electron chi connectivity index (χ4n) is 2.41. The van der Waals surface area contributed by atoms with Crippen LogP contribution in [-0.2, 0) is 4.79 Å². The number of thioether (sulfide) groups is 1. The zero-order chi connectivity index (χ0) is 16.9. The lowest BCUT2D eigenvalue weighted by Gasteiger charge is -2.19. The van der Waals surface area contributed by atoms with Crippen LogP contribution >= 0.6 is 23.4 Å². The van der Waals surface area contributed by atoms with E-state index in [4.69, 9.17) is 21.1 Å². The highest BCUT2D eigenvalue weighted by Gasteiger charge is 2.14. The van der Waals surface area contributed by atoms with Gasteiger partial charge < -0.3 is 14.8 Å². The molecule has 24 heavy (non-hydrogen) atoms. The number of benzene rings is 2. The number of anilines is 1. The van der Waals surface area contributed by atoms with E-state index >= 15 is 0 Å². The molecule has 0 fully saturated rings. The van der Waals surface area contributed by atoms with Crippen LogP contribution in [0.15, 0.2) is 42.5 Å². The molecule has 4 nitrogen and oxygen atoms in total. The van der Waals surface area contributed by atoms with Crippen LogP contribution in [0.5, 0.6) is 11.5 Å². The van der Waals surface area contributed by atoms with E-state index in [0.29, 0.717) is 36.2 Å². The molecule has 2 aromatic rings. The molecule has 1 atom stereocenters. The first-order valence-corrected chi connectivity index (χ1v) is 9.11. The summed E-state index contributed by atoms with van der Waals surface area (Å²) in [7, 11) is 0. The fourth-order valence-corrected chi connectivity index (χ4v) is 3.64. The molecule has 0 bridgehead atoms. The minimum atomic E-state index is -0.0596. The largest absolute Gasteiger partial charge is 0.486 e. The second kappa shape index (κ2) is 7.81. The van der Waals surface area contributed by atoms with Gasteiger partial charge in [-0.05, 0) is 30.7 Å². The van der Waals surface area contributed by atoms with Crippen LogP contribution in [0.2, 0.25) is 5.02 Å². The van der Waals surface area contributed by atoms with Gasteiger partial charge in [0.15, 0.2) is 11.5 Å². The van der Waals surface area contributed by atoms with Crippen LogP contribution in [0, 0.1) is 0 Å². The second-order valence-corrected chi connectivity index (χ2v) is 7.12. The number of rotatable bonds is 5. The standard InChI is InChI=1S/C18H18ClNO3S/c1-12(14-4-2-3-5-15(14)19)24-11-18(21)20-13-6-7-16-17(10-13)23-9-8-22-16/h2-7,10,12H,8-9,11H2,1H3,(H,20,21)/t12-/m1/s1. The summed E-state index contributed by atoms with van der Waals surface area (Å²) in [6.07, 6.45) is 0. The Morgan fingerprint density at radius 3 is 2.75 bits per heavy atom. The minimum Gasteiger partial charge on any atom is -0.486 e. The van der Waals surface area contributed by atoms with E-state index in [0.717, 1.165) is 10.6 Å². The molecule has 1 aliphatic heterocycles. The molecule has 0 aliphatic carbocycles. The van der Waals surface area contributed by atoms with Crippen LogP contribution in [0.1, 0.15) is 17.7 Å². The van der Waals surface area contributed by atoms with E-state index in [1.165, 1.54) is 0 Å². The molecular weight excluding hydrogens is 346 g/mol. The van der Waals surface area contributed by atoms with E-state index in [2.05, 4.69) is 5.32 Å². The van der Waals surface area contributed by atoms with Crippen molar-refractivity contribution in [3.05, 3.63) is 53.1 Å². The third kappa shape index (κ3) is 4.16. The number of amides is 1. The first-order chi connectivity index (χ1) is 11.6. The van der Waals surface area contributed by atoms with Gasteiger partial charge in [0.25, 0.3) is 0 Å². The number of nitrogens with one attached hydrogen (secondary N) is 1. The molecule has 0 spiro atoms. The van der Waals surface area contributed by atoms with Crippen LogP contribution in [0.3, 0.4) is 0 Å². The molecule has 0 unspecified atom stereocenters. The van der Waals surface area contributed by atoms with Gasteiger partial charge >= 0.3 is 0 Å². The van der Waals surface area contributed by atoms with Crippen molar-refractivity contribution in [2.24, 2.45) is 0 Å². The molecule has 0 saturated heterocycles. The van der Waals surface area contributed by atoms with Crippen LogP contribution in [0.4, 0.5) is 5.69 Å². The molecule has 0 saturated carbocycles. The van der Waals surface area contributed by atoms with Crippen LogP contribution < -0.4 is 14.8 Å². The molecule has 3 rings (SSSR count). The lowest BCUT2D eigenvalue weighted by Crippen LogP contribution is -2.17. The summed E-state index contributed by atoms with van der Waals surface area (Å²) in [6, 6.07) is 13.1. The van der Waals surface area contributed by atoms with Crippen molar-refractivity contribution in [1.82, 2.24) is 0 Å². The lowest BCUT2D eigenvalue weighted by molar-refractivity contribution is -0.113. The van der Waals surface area contributed by atoms with Gasteiger partial charge in [0.05, 0.1) is 5.75 Å². The van der Waals surface area contributed by atoms with Gasteiger partial charge in [-0.15, -0.1) is 11.8 Å². The smallest absolute Gasteiger partial charge is 0.234 e. The molecule has 6 heteroatoms. The molecular formula is C18H18ClNO3S. The molecule has 126 valence electrons. The highest BCUT2D eigenvalue weighted by Crippen LogP contribution is 2.34. The highest BCUT2D eigenvalue weighted by atomic mass is 35.5. The maximum Gasteiger partial charge on any atom is 0.234 e. The highest BCUT2D eigenvalue weighted by molar-refractivity contribution is 8.00. The summed E-state index contributed by atoms with van der Waals surface area (Å²) >= 11 is 7.74. The Hall–Kier alpha value is -1.85. The minimum absolute atomic E-state index is 0.0596. The molecule has 1 N–H and O–H groups in total. The summed E-state index contributed by atoms with van der Waals surface area (Å²) < 4.78 is 11.0. The first-order valence-electron chi connectivity index (χ1n) is 7.69. The first kappa shape index (κ1) is 17.0. The summed E-state index contributed by atoms with van der Waals surface area (Å²) in [6.45, 7) is 3.12. The predicted octanol–water partition coefficient (Wildman–Crippen LogP) is 4.54. The lowest BCUT2D eigenvalue weighted by atomic mass is 10.2. The average Bonchev–Trinajstić information content (AvgIpc) is 2.60. The number of hydrogen-bond acceptors (Lipinski definition) is 4. The van der Waals surface area contributed by atoms with Gasteiger partial charge in [0.2, 0.25) is 5.91 Å². The van der Waals surface area contributed by atoms with Crippen molar-refractivity contribution in [1.29, 1.82) is 0 Å². The monoisotopic (exact) mass is 363 g/mol. The SMILES string of the molecule is C[C@@H](SCC(=O)Nc1ccc2c(c1)OCCO2)c1ccccc1Cl. The van der Waals surface area contributed by atoms with Gasteiger partial charge in [0.1, 0.15) is 13.2 Å². The quantitative estimate of drug-likeness (QED) is 0.846. The van der Waals surface area contributed by atoms with E-state index in [9.17, 15) is 4.79 Å². The molecule has 0 radical (unpaired) electrons. The van der Waals surface area contributed by atoms with E-state index in [1.807, 2.05) is 43.3 Å².